The molecule has 1 aliphatic rings. The van der Waals surface area contributed by atoms with Crippen LogP contribution in [0.5, 0.6) is 0 Å². The number of anilines is 1. The van der Waals surface area contributed by atoms with Crippen LogP contribution in [0.15, 0.2) is 48.5 Å². The smallest absolute Gasteiger partial charge is 0.243 e. The fourth-order valence-electron chi connectivity index (χ4n) is 3.93. The maximum atomic E-state index is 12.2. The van der Waals surface area contributed by atoms with E-state index in [2.05, 4.69) is 39.8 Å². The third kappa shape index (κ3) is 6.43. The highest BCUT2D eigenvalue weighted by Gasteiger charge is 2.21. The molecule has 2 aromatic carbocycles. The molecule has 0 saturated carbocycles. The first kappa shape index (κ1) is 21.1. The fourth-order valence-corrected chi connectivity index (χ4v) is 3.93. The topological polar surface area (TPSA) is 61.4 Å². The van der Waals surface area contributed by atoms with Crippen LogP contribution in [-0.2, 0) is 16.0 Å². The van der Waals surface area contributed by atoms with E-state index in [1.807, 2.05) is 38.1 Å². The second-order valence-electron chi connectivity index (χ2n) is 8.00. The number of carbonyl (C=O) groups excluding carboxylic acids is 2. The van der Waals surface area contributed by atoms with Crippen molar-refractivity contribution < 1.29 is 9.59 Å². The normalized spacial score (nSPS) is 15.1. The Labute approximate surface area is 173 Å². The molecule has 1 aliphatic heterocycles. The van der Waals surface area contributed by atoms with Crippen molar-refractivity contribution >= 4 is 17.5 Å². The maximum Gasteiger partial charge on any atom is 0.243 e. The number of para-hydroxylation sites is 1. The van der Waals surface area contributed by atoms with Gasteiger partial charge in [-0.3, -0.25) is 14.5 Å². The number of nitrogens with one attached hydrogen (secondary N) is 2. The maximum absolute atomic E-state index is 12.2. The van der Waals surface area contributed by atoms with Gasteiger partial charge in [0.25, 0.3) is 0 Å². The van der Waals surface area contributed by atoms with Gasteiger partial charge >= 0.3 is 0 Å². The Kier molecular flexibility index (Phi) is 7.42. The van der Waals surface area contributed by atoms with Crippen LogP contribution in [0.4, 0.5) is 5.69 Å². The van der Waals surface area contributed by atoms with E-state index in [0.29, 0.717) is 12.5 Å². The van der Waals surface area contributed by atoms with Gasteiger partial charge in [0.05, 0.1) is 13.1 Å². The molecule has 0 unspecified atom stereocenters. The number of piperidine rings is 1. The molecule has 29 heavy (non-hydrogen) atoms. The third-order valence-electron chi connectivity index (χ3n) is 5.63. The highest BCUT2D eigenvalue weighted by molar-refractivity contribution is 5.95. The molecule has 0 atom stereocenters. The molecule has 3 rings (SSSR count). The minimum atomic E-state index is -0.197. The van der Waals surface area contributed by atoms with E-state index < -0.39 is 0 Å². The fraction of sp³-hybridized carbons (Fsp3) is 0.417. The number of rotatable bonds is 7. The Morgan fingerprint density at radius 2 is 1.59 bits per heavy atom. The number of aryl methyl sites for hydroxylation is 2. The van der Waals surface area contributed by atoms with Gasteiger partial charge in [-0.1, -0.05) is 48.5 Å². The monoisotopic (exact) mass is 393 g/mol. The first-order valence-corrected chi connectivity index (χ1v) is 10.4. The average Bonchev–Trinajstić information content (AvgIpc) is 2.72. The molecule has 2 amide bonds. The lowest BCUT2D eigenvalue weighted by Crippen LogP contribution is -2.43. The van der Waals surface area contributed by atoms with Crippen LogP contribution in [0.2, 0.25) is 0 Å². The summed E-state index contributed by atoms with van der Waals surface area (Å²) < 4.78 is 0. The number of nitrogens with zero attached hydrogens (tertiary/aromatic N) is 1. The molecule has 1 fully saturated rings. The molecule has 0 aliphatic carbocycles. The molecule has 2 N–H and O–H groups in total. The lowest BCUT2D eigenvalue weighted by molar-refractivity contribution is -0.125. The van der Waals surface area contributed by atoms with Gasteiger partial charge in [-0.25, -0.2) is 0 Å². The lowest BCUT2D eigenvalue weighted by Gasteiger charge is -2.31. The van der Waals surface area contributed by atoms with Crippen LogP contribution in [0, 0.1) is 19.8 Å². The molecule has 1 saturated heterocycles. The van der Waals surface area contributed by atoms with Gasteiger partial charge in [0.1, 0.15) is 0 Å². The van der Waals surface area contributed by atoms with Crippen LogP contribution in [0.3, 0.4) is 0 Å². The zero-order valence-electron chi connectivity index (χ0n) is 17.4. The zero-order valence-corrected chi connectivity index (χ0v) is 17.4. The molecule has 5 heteroatoms. The number of benzene rings is 2. The Bertz CT molecular complexity index is 807. The van der Waals surface area contributed by atoms with Gasteiger partial charge in [-0.05, 0) is 68.8 Å². The number of hydrogen-bond donors (Lipinski definition) is 2. The van der Waals surface area contributed by atoms with Crippen molar-refractivity contribution in [2.75, 3.05) is 31.5 Å². The first-order valence-electron chi connectivity index (χ1n) is 10.4. The third-order valence-corrected chi connectivity index (χ3v) is 5.63. The molecule has 0 aromatic heterocycles. The van der Waals surface area contributed by atoms with Crippen molar-refractivity contribution in [1.82, 2.24) is 10.2 Å². The number of hydrogen-bond acceptors (Lipinski definition) is 3. The van der Waals surface area contributed by atoms with E-state index in [4.69, 9.17) is 0 Å². The summed E-state index contributed by atoms with van der Waals surface area (Å²) >= 11 is 0. The quantitative estimate of drug-likeness (QED) is 0.759. The SMILES string of the molecule is Cc1cccc(C)c1NC(=O)CNC(=O)CN1CCC(Cc2ccccc2)CC1. The largest absolute Gasteiger partial charge is 0.346 e. The summed E-state index contributed by atoms with van der Waals surface area (Å²) in [4.78, 5) is 26.6. The molecule has 2 aromatic rings. The van der Waals surface area contributed by atoms with Gasteiger partial charge in [0.15, 0.2) is 0 Å². The number of likely N-dealkylation sites (tertiary alicyclic amines) is 1. The summed E-state index contributed by atoms with van der Waals surface area (Å²) in [6.07, 6.45) is 3.32. The van der Waals surface area contributed by atoms with Crippen molar-refractivity contribution in [2.45, 2.75) is 33.1 Å². The summed E-state index contributed by atoms with van der Waals surface area (Å²) in [7, 11) is 0. The molecule has 1 heterocycles. The minimum absolute atomic E-state index is 0.00290. The highest BCUT2D eigenvalue weighted by atomic mass is 16.2. The van der Waals surface area contributed by atoms with Crippen molar-refractivity contribution in [2.24, 2.45) is 5.92 Å². The molecule has 0 radical (unpaired) electrons. The van der Waals surface area contributed by atoms with E-state index in [9.17, 15) is 9.59 Å². The Hall–Kier alpha value is -2.66. The van der Waals surface area contributed by atoms with Gasteiger partial charge in [0, 0.05) is 5.69 Å². The second kappa shape index (κ2) is 10.2. The van der Waals surface area contributed by atoms with Gasteiger partial charge in [0.2, 0.25) is 11.8 Å². The second-order valence-corrected chi connectivity index (χ2v) is 8.00. The van der Waals surface area contributed by atoms with Crippen LogP contribution in [0.1, 0.15) is 29.5 Å². The van der Waals surface area contributed by atoms with E-state index in [1.165, 1.54) is 5.56 Å². The van der Waals surface area contributed by atoms with Crippen molar-refractivity contribution in [3.63, 3.8) is 0 Å². The zero-order chi connectivity index (χ0) is 20.6. The lowest BCUT2D eigenvalue weighted by atomic mass is 9.90. The molecule has 154 valence electrons. The summed E-state index contributed by atoms with van der Waals surface area (Å²) in [5, 5.41) is 5.65. The summed E-state index contributed by atoms with van der Waals surface area (Å²) in [5.74, 6) is 0.389. The van der Waals surface area contributed by atoms with Crippen LogP contribution >= 0.6 is 0 Å². The van der Waals surface area contributed by atoms with Gasteiger partial charge < -0.3 is 10.6 Å². The Morgan fingerprint density at radius 1 is 0.931 bits per heavy atom. The molecule has 0 bridgehead atoms. The minimum Gasteiger partial charge on any atom is -0.346 e. The van der Waals surface area contributed by atoms with E-state index in [-0.39, 0.29) is 18.4 Å². The molecular weight excluding hydrogens is 362 g/mol. The van der Waals surface area contributed by atoms with Gasteiger partial charge in [-0.2, -0.15) is 0 Å². The van der Waals surface area contributed by atoms with Crippen molar-refractivity contribution in [3.05, 3.63) is 65.2 Å². The van der Waals surface area contributed by atoms with Crippen LogP contribution in [0.25, 0.3) is 0 Å². The van der Waals surface area contributed by atoms with Crippen molar-refractivity contribution in [1.29, 1.82) is 0 Å². The number of amides is 2. The highest BCUT2D eigenvalue weighted by Crippen LogP contribution is 2.21. The van der Waals surface area contributed by atoms with E-state index in [0.717, 1.165) is 49.2 Å². The Morgan fingerprint density at radius 3 is 2.24 bits per heavy atom. The van der Waals surface area contributed by atoms with E-state index >= 15 is 0 Å². The van der Waals surface area contributed by atoms with Crippen molar-refractivity contribution in [3.8, 4) is 0 Å². The Balaban J connectivity index is 1.36. The summed E-state index contributed by atoms with van der Waals surface area (Å²) in [6, 6.07) is 16.5. The molecule has 5 nitrogen and oxygen atoms in total. The number of carbonyl (C=O) groups is 2. The summed E-state index contributed by atoms with van der Waals surface area (Å²) in [6.45, 7) is 6.13. The average molecular weight is 394 g/mol. The standard InChI is InChI=1S/C24H31N3O2/c1-18-7-6-8-19(2)24(18)26-22(28)16-25-23(29)17-27-13-11-21(12-14-27)15-20-9-4-3-5-10-20/h3-10,21H,11-17H2,1-2H3,(H,25,29)(H,26,28). The predicted molar refractivity (Wildman–Crippen MR) is 117 cm³/mol. The van der Waals surface area contributed by atoms with Gasteiger partial charge in [-0.15, -0.1) is 0 Å². The van der Waals surface area contributed by atoms with Crippen LogP contribution in [-0.4, -0.2) is 42.9 Å². The molecular formula is C24H31N3O2. The van der Waals surface area contributed by atoms with Crippen LogP contribution < -0.4 is 10.6 Å². The summed E-state index contributed by atoms with van der Waals surface area (Å²) in [5.41, 5.74) is 4.25. The molecule has 0 spiro atoms. The first-order chi connectivity index (χ1) is 14.0. The predicted octanol–water partition coefficient (Wildman–Crippen LogP) is 3.31. The van der Waals surface area contributed by atoms with E-state index in [1.54, 1.807) is 0 Å².